The van der Waals surface area contributed by atoms with Crippen LogP contribution in [-0.4, -0.2) is 11.4 Å². The summed E-state index contributed by atoms with van der Waals surface area (Å²) in [6.45, 7) is 9.72. The Morgan fingerprint density at radius 1 is 1.43 bits per heavy atom. The summed E-state index contributed by atoms with van der Waals surface area (Å²) in [6, 6.07) is 0. The molecule has 0 spiro atoms. The number of hydrogen-bond acceptors (Lipinski definition) is 2. The van der Waals surface area contributed by atoms with Crippen molar-refractivity contribution in [2.45, 2.75) is 40.2 Å². The third-order valence-electron chi connectivity index (χ3n) is 2.17. The van der Waals surface area contributed by atoms with Crippen molar-refractivity contribution >= 4 is 5.78 Å². The summed E-state index contributed by atoms with van der Waals surface area (Å²) in [4.78, 5) is 10.8. The lowest BCUT2D eigenvalue weighted by Crippen LogP contribution is -2.04. The van der Waals surface area contributed by atoms with Gasteiger partial charge in [0.2, 0.25) is 0 Å². The number of rotatable bonds is 3. The van der Waals surface area contributed by atoms with Crippen molar-refractivity contribution in [3.8, 4) is 0 Å². The molecule has 0 aromatic heterocycles. The topological polar surface area (TPSA) is 29.6 Å². The second-order valence-corrected chi connectivity index (χ2v) is 4.89. The third-order valence-corrected chi connectivity index (χ3v) is 2.17. The molecular weight excluding hydrogens is 176 g/mol. The van der Waals surface area contributed by atoms with Gasteiger partial charge in [0.25, 0.3) is 0 Å². The van der Waals surface area contributed by atoms with E-state index in [2.05, 4.69) is 19.9 Å². The van der Waals surface area contributed by atoms with Crippen molar-refractivity contribution in [3.05, 3.63) is 24.0 Å². The average Bonchev–Trinajstić information content (AvgIpc) is 2.54. The van der Waals surface area contributed by atoms with Gasteiger partial charge in [-0.15, -0.1) is 0 Å². The molecule has 2 heteroatoms. The van der Waals surface area contributed by atoms with Crippen LogP contribution in [0.1, 0.15) is 34.6 Å². The van der Waals surface area contributed by atoms with Gasteiger partial charge in [-0.05, 0) is 32.9 Å². The summed E-state index contributed by atoms with van der Waals surface area (Å²) in [7, 11) is 0. The van der Waals surface area contributed by atoms with Crippen LogP contribution >= 0.6 is 0 Å². The van der Waals surface area contributed by atoms with Crippen LogP contribution in [0.3, 0.4) is 0 Å². The van der Waals surface area contributed by atoms with Crippen LogP contribution < -0.4 is 0 Å². The second kappa shape index (κ2) is 3.26. The zero-order valence-corrected chi connectivity index (χ0v) is 9.55. The first kappa shape index (κ1) is 11.0. The SMILES string of the molecule is CC(=O)/C=C/C(C)(C)/C=C1\OC1(C)C. The molecule has 0 radical (unpaired) electrons. The molecule has 1 heterocycles. The molecular formula is C12H18O2. The largest absolute Gasteiger partial charge is 0.480 e. The number of carbonyl (C=O) groups excluding carboxylic acids is 1. The van der Waals surface area contributed by atoms with Gasteiger partial charge in [0.1, 0.15) is 5.76 Å². The van der Waals surface area contributed by atoms with Crippen LogP contribution in [0.4, 0.5) is 0 Å². The van der Waals surface area contributed by atoms with Crippen molar-refractivity contribution in [1.82, 2.24) is 0 Å². The number of carbonyl (C=O) groups is 1. The highest BCUT2D eigenvalue weighted by Crippen LogP contribution is 2.42. The molecule has 1 saturated heterocycles. The maximum Gasteiger partial charge on any atom is 0.159 e. The van der Waals surface area contributed by atoms with Crippen LogP contribution in [0.25, 0.3) is 0 Å². The first-order valence-electron chi connectivity index (χ1n) is 4.85. The summed E-state index contributed by atoms with van der Waals surface area (Å²) in [5.41, 5.74) is -0.212. The van der Waals surface area contributed by atoms with E-state index < -0.39 is 0 Å². The lowest BCUT2D eigenvalue weighted by atomic mass is 9.91. The zero-order valence-electron chi connectivity index (χ0n) is 9.55. The van der Waals surface area contributed by atoms with Crippen molar-refractivity contribution in [2.24, 2.45) is 5.41 Å². The zero-order chi connectivity index (χ0) is 11.0. The summed E-state index contributed by atoms with van der Waals surface area (Å²) < 4.78 is 5.39. The van der Waals surface area contributed by atoms with Crippen molar-refractivity contribution in [1.29, 1.82) is 0 Å². The molecule has 0 aliphatic carbocycles. The Morgan fingerprint density at radius 3 is 2.29 bits per heavy atom. The predicted octanol–water partition coefficient (Wildman–Crippen LogP) is 2.85. The molecule has 1 aliphatic rings. The van der Waals surface area contributed by atoms with Crippen LogP contribution in [-0.2, 0) is 9.53 Å². The first-order chi connectivity index (χ1) is 6.23. The molecule has 0 atom stereocenters. The first-order valence-corrected chi connectivity index (χ1v) is 4.85. The summed E-state index contributed by atoms with van der Waals surface area (Å²) in [5.74, 6) is 1.09. The smallest absolute Gasteiger partial charge is 0.159 e. The normalized spacial score (nSPS) is 22.5. The quantitative estimate of drug-likeness (QED) is 0.510. The van der Waals surface area contributed by atoms with Crippen LogP contribution in [0.5, 0.6) is 0 Å². The Bertz CT molecular complexity index is 306. The minimum atomic E-state index is -0.116. The molecule has 78 valence electrons. The van der Waals surface area contributed by atoms with E-state index in [1.165, 1.54) is 0 Å². The van der Waals surface area contributed by atoms with Gasteiger partial charge in [-0.2, -0.15) is 0 Å². The molecule has 0 unspecified atom stereocenters. The second-order valence-electron chi connectivity index (χ2n) is 4.89. The van der Waals surface area contributed by atoms with E-state index in [-0.39, 0.29) is 16.8 Å². The van der Waals surface area contributed by atoms with Gasteiger partial charge in [0.05, 0.1) is 0 Å². The number of hydrogen-bond donors (Lipinski definition) is 0. The fourth-order valence-electron chi connectivity index (χ4n) is 1.17. The number of allylic oxidation sites excluding steroid dienone is 3. The molecule has 0 bridgehead atoms. The molecule has 0 aromatic carbocycles. The summed E-state index contributed by atoms with van der Waals surface area (Å²) in [6.07, 6.45) is 5.57. The molecule has 14 heavy (non-hydrogen) atoms. The molecule has 0 saturated carbocycles. The van der Waals surface area contributed by atoms with Gasteiger partial charge in [-0.1, -0.05) is 19.9 Å². The van der Waals surface area contributed by atoms with E-state index >= 15 is 0 Å². The van der Waals surface area contributed by atoms with E-state index in [1.807, 2.05) is 19.9 Å². The number of ether oxygens (including phenoxy) is 1. The molecule has 1 aliphatic heterocycles. The highest BCUT2D eigenvalue weighted by Gasteiger charge is 2.43. The van der Waals surface area contributed by atoms with Gasteiger partial charge < -0.3 is 4.74 Å². The van der Waals surface area contributed by atoms with Gasteiger partial charge in [-0.3, -0.25) is 4.79 Å². The highest BCUT2D eigenvalue weighted by atomic mass is 16.6. The average molecular weight is 194 g/mol. The lowest BCUT2D eigenvalue weighted by molar-refractivity contribution is -0.112. The monoisotopic (exact) mass is 194 g/mol. The Balaban J connectivity index is 2.69. The van der Waals surface area contributed by atoms with Crippen LogP contribution in [0.15, 0.2) is 24.0 Å². The van der Waals surface area contributed by atoms with Gasteiger partial charge in [0.15, 0.2) is 11.4 Å². The summed E-state index contributed by atoms with van der Waals surface area (Å²) in [5, 5.41) is 0. The highest BCUT2D eigenvalue weighted by molar-refractivity contribution is 5.87. The predicted molar refractivity (Wildman–Crippen MR) is 56.8 cm³/mol. The van der Waals surface area contributed by atoms with Gasteiger partial charge in [-0.25, -0.2) is 0 Å². The Labute approximate surface area is 85.6 Å². The van der Waals surface area contributed by atoms with E-state index in [4.69, 9.17) is 4.74 Å². The minimum Gasteiger partial charge on any atom is -0.480 e. The van der Waals surface area contributed by atoms with Crippen LogP contribution in [0.2, 0.25) is 0 Å². The van der Waals surface area contributed by atoms with Gasteiger partial charge >= 0.3 is 0 Å². The molecule has 0 N–H and O–H groups in total. The van der Waals surface area contributed by atoms with E-state index in [9.17, 15) is 4.79 Å². The lowest BCUT2D eigenvalue weighted by Gasteiger charge is -2.12. The maximum absolute atomic E-state index is 10.8. The van der Waals surface area contributed by atoms with Crippen molar-refractivity contribution in [3.63, 3.8) is 0 Å². The van der Waals surface area contributed by atoms with Crippen molar-refractivity contribution in [2.75, 3.05) is 0 Å². The standard InChI is InChI=1S/C12H18O2/c1-9(13)6-7-11(2,3)8-10-12(4,5)14-10/h6-8H,1-5H3/b7-6+,10-8-. The fourth-order valence-corrected chi connectivity index (χ4v) is 1.17. The minimum absolute atomic E-state index is 0.0763. The van der Waals surface area contributed by atoms with Gasteiger partial charge in [0, 0.05) is 5.41 Å². The molecule has 0 amide bonds. The number of epoxide rings is 1. The third kappa shape index (κ3) is 3.02. The molecule has 0 aromatic rings. The molecule has 1 fully saturated rings. The van der Waals surface area contributed by atoms with Crippen LogP contribution in [0, 0.1) is 5.41 Å². The Hall–Kier alpha value is -1.05. The fraction of sp³-hybridized carbons (Fsp3) is 0.583. The van der Waals surface area contributed by atoms with E-state index in [0.717, 1.165) is 5.76 Å². The molecule has 2 nitrogen and oxygen atoms in total. The Morgan fingerprint density at radius 2 is 1.93 bits per heavy atom. The molecule has 1 rings (SSSR count). The van der Waals surface area contributed by atoms with E-state index in [1.54, 1.807) is 13.0 Å². The summed E-state index contributed by atoms with van der Waals surface area (Å²) >= 11 is 0. The number of ketones is 1. The van der Waals surface area contributed by atoms with E-state index in [0.29, 0.717) is 0 Å². The maximum atomic E-state index is 10.8. The Kier molecular flexibility index (Phi) is 2.57. The van der Waals surface area contributed by atoms with Crippen molar-refractivity contribution < 1.29 is 9.53 Å².